The van der Waals surface area contributed by atoms with Crippen LogP contribution in [0.15, 0.2) is 23.1 Å². The maximum Gasteiger partial charge on any atom is 0.290 e. The summed E-state index contributed by atoms with van der Waals surface area (Å²) in [4.78, 5) is 23.3. The molecule has 25 heavy (non-hydrogen) atoms. The van der Waals surface area contributed by atoms with Gasteiger partial charge in [-0.15, -0.1) is 0 Å². The van der Waals surface area contributed by atoms with Gasteiger partial charge >= 0.3 is 0 Å². The molecule has 0 radical (unpaired) electrons. The zero-order chi connectivity index (χ0) is 17.6. The molecule has 2 aliphatic rings. The minimum absolute atomic E-state index is 0.339. The number of methoxy groups -OCH3 is 1. The molecular weight excluding hydrogens is 338 g/mol. The molecule has 0 bridgehead atoms. The van der Waals surface area contributed by atoms with Gasteiger partial charge in [0.05, 0.1) is 18.6 Å². The van der Waals surface area contributed by atoms with E-state index in [1.807, 2.05) is 18.2 Å². The molecule has 1 aliphatic carbocycles. The van der Waals surface area contributed by atoms with E-state index in [2.05, 4.69) is 5.32 Å². The van der Waals surface area contributed by atoms with Gasteiger partial charge < -0.3 is 9.47 Å². The van der Waals surface area contributed by atoms with Gasteiger partial charge in [-0.25, -0.2) is 0 Å². The molecule has 1 N–H and O–H groups in total. The highest BCUT2D eigenvalue weighted by molar-refractivity contribution is 8.18. The third kappa shape index (κ3) is 4.78. The lowest BCUT2D eigenvalue weighted by atomic mass is 9.87. The predicted molar refractivity (Wildman–Crippen MR) is 98.8 cm³/mol. The normalized spacial score (nSPS) is 20.0. The summed E-state index contributed by atoms with van der Waals surface area (Å²) < 4.78 is 11.3. The third-order valence-electron chi connectivity index (χ3n) is 4.64. The molecule has 0 spiro atoms. The number of nitrogens with one attached hydrogen (secondary N) is 1. The summed E-state index contributed by atoms with van der Waals surface area (Å²) in [5, 5.41) is 1.92. The smallest absolute Gasteiger partial charge is 0.290 e. The van der Waals surface area contributed by atoms with Crippen LogP contribution < -0.4 is 14.8 Å². The SMILES string of the molecule is COc1ccc(C=C2SC(=O)NC2=O)cc1OCCC1CCCCC1. The summed E-state index contributed by atoms with van der Waals surface area (Å²) in [6, 6.07) is 5.52. The Kier molecular flexibility index (Phi) is 6.02. The highest BCUT2D eigenvalue weighted by atomic mass is 32.2. The molecule has 1 aromatic carbocycles. The number of carbonyl (C=O) groups excluding carboxylic acids is 2. The molecule has 0 aromatic heterocycles. The van der Waals surface area contributed by atoms with E-state index in [1.165, 1.54) is 32.1 Å². The molecular formula is C19H23NO4S. The molecule has 2 fully saturated rings. The van der Waals surface area contributed by atoms with Crippen molar-refractivity contribution in [2.45, 2.75) is 38.5 Å². The maximum atomic E-state index is 11.7. The number of hydrogen-bond donors (Lipinski definition) is 1. The van der Waals surface area contributed by atoms with Crippen LogP contribution in [0.4, 0.5) is 4.79 Å². The average Bonchev–Trinajstić information content (AvgIpc) is 2.93. The van der Waals surface area contributed by atoms with Crippen LogP contribution in [0.25, 0.3) is 6.08 Å². The van der Waals surface area contributed by atoms with Crippen molar-refractivity contribution in [1.29, 1.82) is 0 Å². The van der Waals surface area contributed by atoms with Crippen LogP contribution in [0, 0.1) is 5.92 Å². The van der Waals surface area contributed by atoms with Crippen molar-refractivity contribution in [2.24, 2.45) is 5.92 Å². The van der Waals surface area contributed by atoms with Crippen molar-refractivity contribution in [3.63, 3.8) is 0 Å². The number of imide groups is 1. The Balaban J connectivity index is 1.66. The van der Waals surface area contributed by atoms with E-state index in [4.69, 9.17) is 9.47 Å². The molecule has 5 nitrogen and oxygen atoms in total. The quantitative estimate of drug-likeness (QED) is 0.762. The van der Waals surface area contributed by atoms with Crippen LogP contribution >= 0.6 is 11.8 Å². The first-order valence-corrected chi connectivity index (χ1v) is 9.53. The number of benzene rings is 1. The molecule has 1 saturated heterocycles. The molecule has 134 valence electrons. The first-order valence-electron chi connectivity index (χ1n) is 8.71. The molecule has 1 aliphatic heterocycles. The second-order valence-electron chi connectivity index (χ2n) is 6.40. The number of hydrogen-bond acceptors (Lipinski definition) is 5. The van der Waals surface area contributed by atoms with Crippen LogP contribution in [0.1, 0.15) is 44.1 Å². The number of ether oxygens (including phenoxy) is 2. The Labute approximate surface area is 152 Å². The molecule has 1 heterocycles. The Bertz CT molecular complexity index is 680. The Morgan fingerprint density at radius 3 is 2.68 bits per heavy atom. The van der Waals surface area contributed by atoms with Crippen LogP contribution in [-0.2, 0) is 4.79 Å². The number of rotatable bonds is 6. The summed E-state index contributed by atoms with van der Waals surface area (Å²) in [6.07, 6.45) is 9.36. The first-order chi connectivity index (χ1) is 12.2. The Hall–Kier alpha value is -1.95. The summed E-state index contributed by atoms with van der Waals surface area (Å²) in [6.45, 7) is 0.661. The van der Waals surface area contributed by atoms with E-state index in [0.717, 1.165) is 29.7 Å². The van der Waals surface area contributed by atoms with Gasteiger partial charge in [-0.3, -0.25) is 14.9 Å². The monoisotopic (exact) mass is 361 g/mol. The average molecular weight is 361 g/mol. The summed E-state index contributed by atoms with van der Waals surface area (Å²) in [7, 11) is 1.61. The second-order valence-corrected chi connectivity index (χ2v) is 7.42. The zero-order valence-electron chi connectivity index (χ0n) is 14.4. The number of carbonyl (C=O) groups is 2. The second kappa shape index (κ2) is 8.43. The lowest BCUT2D eigenvalue weighted by Gasteiger charge is -2.21. The van der Waals surface area contributed by atoms with Crippen molar-refractivity contribution in [3.05, 3.63) is 28.7 Å². The van der Waals surface area contributed by atoms with Crippen molar-refractivity contribution in [1.82, 2.24) is 5.32 Å². The Morgan fingerprint density at radius 2 is 2.00 bits per heavy atom. The van der Waals surface area contributed by atoms with E-state index in [-0.39, 0.29) is 11.1 Å². The predicted octanol–water partition coefficient (Wildman–Crippen LogP) is 4.37. The van der Waals surface area contributed by atoms with E-state index >= 15 is 0 Å². The van der Waals surface area contributed by atoms with Crippen molar-refractivity contribution < 1.29 is 19.1 Å². The van der Waals surface area contributed by atoms with Crippen LogP contribution in [0.2, 0.25) is 0 Å². The van der Waals surface area contributed by atoms with Gasteiger partial charge in [0, 0.05) is 0 Å². The molecule has 2 amide bonds. The summed E-state index contributed by atoms with van der Waals surface area (Å²) in [5.41, 5.74) is 0.806. The van der Waals surface area contributed by atoms with E-state index < -0.39 is 0 Å². The fourth-order valence-electron chi connectivity index (χ4n) is 3.28. The van der Waals surface area contributed by atoms with Gasteiger partial charge in [0.25, 0.3) is 11.1 Å². The standard InChI is InChI=1S/C19H23NO4S/c1-23-15-8-7-14(12-17-18(21)20-19(22)25-17)11-16(15)24-10-9-13-5-3-2-4-6-13/h7-8,11-13H,2-6,9-10H2,1H3,(H,20,21,22). The van der Waals surface area contributed by atoms with Gasteiger partial charge in [-0.05, 0) is 47.9 Å². The number of thioether (sulfide) groups is 1. The van der Waals surface area contributed by atoms with Crippen LogP contribution in [0.5, 0.6) is 11.5 Å². The zero-order valence-corrected chi connectivity index (χ0v) is 15.2. The molecule has 0 unspecified atom stereocenters. The van der Waals surface area contributed by atoms with Crippen molar-refractivity contribution in [3.8, 4) is 11.5 Å². The first kappa shape index (κ1) is 17.9. The molecule has 1 aromatic rings. The minimum atomic E-state index is -0.356. The van der Waals surface area contributed by atoms with Crippen LogP contribution in [-0.4, -0.2) is 24.9 Å². The fraction of sp³-hybridized carbons (Fsp3) is 0.474. The van der Waals surface area contributed by atoms with Gasteiger partial charge in [0.2, 0.25) is 0 Å². The minimum Gasteiger partial charge on any atom is -0.493 e. The highest BCUT2D eigenvalue weighted by Crippen LogP contribution is 2.32. The molecule has 6 heteroatoms. The van der Waals surface area contributed by atoms with Crippen LogP contribution in [0.3, 0.4) is 0 Å². The van der Waals surface area contributed by atoms with Gasteiger partial charge in [0.15, 0.2) is 11.5 Å². The van der Waals surface area contributed by atoms with Crippen molar-refractivity contribution >= 4 is 29.0 Å². The maximum absolute atomic E-state index is 11.7. The van der Waals surface area contributed by atoms with E-state index in [0.29, 0.717) is 23.0 Å². The molecule has 3 rings (SSSR count). The molecule has 0 atom stereocenters. The van der Waals surface area contributed by atoms with Gasteiger partial charge in [-0.2, -0.15) is 0 Å². The lowest BCUT2D eigenvalue weighted by molar-refractivity contribution is -0.115. The largest absolute Gasteiger partial charge is 0.493 e. The third-order valence-corrected chi connectivity index (χ3v) is 5.45. The van der Waals surface area contributed by atoms with Crippen molar-refractivity contribution in [2.75, 3.05) is 13.7 Å². The van der Waals surface area contributed by atoms with Gasteiger partial charge in [-0.1, -0.05) is 38.2 Å². The highest BCUT2D eigenvalue weighted by Gasteiger charge is 2.25. The topological polar surface area (TPSA) is 64.6 Å². The molecule has 1 saturated carbocycles. The summed E-state index contributed by atoms with van der Waals surface area (Å²) >= 11 is 0.910. The van der Waals surface area contributed by atoms with E-state index in [9.17, 15) is 9.59 Å². The van der Waals surface area contributed by atoms with E-state index in [1.54, 1.807) is 13.2 Å². The number of amides is 2. The van der Waals surface area contributed by atoms with Gasteiger partial charge in [0.1, 0.15) is 0 Å². The summed E-state index contributed by atoms with van der Waals surface area (Å²) in [5.74, 6) is 1.74. The lowest BCUT2D eigenvalue weighted by Crippen LogP contribution is -2.17. The fourth-order valence-corrected chi connectivity index (χ4v) is 3.96. The Morgan fingerprint density at radius 1 is 1.20 bits per heavy atom.